The van der Waals surface area contributed by atoms with Crippen molar-refractivity contribution in [1.29, 1.82) is 0 Å². The Morgan fingerprint density at radius 1 is 1.50 bits per heavy atom. The van der Waals surface area contributed by atoms with Gasteiger partial charge in [0.05, 0.1) is 4.47 Å². The van der Waals surface area contributed by atoms with Crippen LogP contribution in [0.15, 0.2) is 21.6 Å². The molecule has 0 atom stereocenters. The van der Waals surface area contributed by atoms with Crippen molar-refractivity contribution in [2.45, 2.75) is 24.8 Å². The second-order valence-electron chi connectivity index (χ2n) is 3.87. The van der Waals surface area contributed by atoms with Crippen LogP contribution in [0, 0.1) is 5.82 Å². The molecule has 0 aliphatic heterocycles. The molecular weight excluding hydrogens is 277 g/mol. The van der Waals surface area contributed by atoms with E-state index in [0.29, 0.717) is 22.9 Å². The summed E-state index contributed by atoms with van der Waals surface area (Å²) in [6.45, 7) is 0. The Labute approximate surface area is 100 Å². The molecule has 2 rings (SSSR count). The molecule has 3 nitrogen and oxygen atoms in total. The van der Waals surface area contributed by atoms with Gasteiger partial charge in [0, 0.05) is 11.6 Å². The lowest BCUT2D eigenvalue weighted by molar-refractivity contribution is 0.247. The van der Waals surface area contributed by atoms with Gasteiger partial charge < -0.3 is 5.11 Å². The molecule has 0 saturated heterocycles. The fraction of sp³-hybridized carbons (Fsp3) is 0.364. The number of aromatic hydroxyl groups is 1. The highest BCUT2D eigenvalue weighted by Gasteiger charge is 2.41. The van der Waals surface area contributed by atoms with Crippen molar-refractivity contribution in [3.63, 3.8) is 0 Å². The first-order chi connectivity index (χ1) is 7.59. The summed E-state index contributed by atoms with van der Waals surface area (Å²) >= 11 is 3.12. The van der Waals surface area contributed by atoms with Crippen LogP contribution in [0.3, 0.4) is 0 Å². The van der Waals surface area contributed by atoms with E-state index in [0.717, 1.165) is 12.5 Å². The molecule has 0 bridgehead atoms. The maximum absolute atomic E-state index is 13.7. The Kier molecular flexibility index (Phi) is 2.82. The number of rotatable bonds is 2. The highest BCUT2D eigenvalue weighted by Crippen LogP contribution is 2.47. The van der Waals surface area contributed by atoms with Gasteiger partial charge in [-0.3, -0.25) is 0 Å². The highest BCUT2D eigenvalue weighted by molar-refractivity contribution is 9.10. The van der Waals surface area contributed by atoms with E-state index in [1.54, 1.807) is 0 Å². The number of carbonyl (C=O) groups excluding carboxylic acids is 1. The van der Waals surface area contributed by atoms with Gasteiger partial charge in [-0.1, -0.05) is 0 Å². The average molecular weight is 286 g/mol. The SMILES string of the molecule is O=C=NC1(c2cc(Br)c(O)cc2F)CCC1. The molecular formula is C11H9BrFNO2. The molecule has 0 heterocycles. The summed E-state index contributed by atoms with van der Waals surface area (Å²) in [5.74, 6) is -0.704. The maximum atomic E-state index is 13.7. The molecule has 0 amide bonds. The molecule has 1 aromatic carbocycles. The van der Waals surface area contributed by atoms with Crippen LogP contribution < -0.4 is 0 Å². The van der Waals surface area contributed by atoms with Gasteiger partial charge in [-0.15, -0.1) is 0 Å². The van der Waals surface area contributed by atoms with Crippen molar-refractivity contribution in [2.24, 2.45) is 4.99 Å². The predicted octanol–water partition coefficient (Wildman–Crippen LogP) is 3.01. The van der Waals surface area contributed by atoms with Gasteiger partial charge in [-0.05, 0) is 41.3 Å². The Bertz CT molecular complexity index is 479. The molecule has 0 spiro atoms. The van der Waals surface area contributed by atoms with E-state index in [1.165, 1.54) is 12.1 Å². The molecule has 1 aromatic rings. The topological polar surface area (TPSA) is 49.7 Å². The second-order valence-corrected chi connectivity index (χ2v) is 4.73. The molecule has 0 aromatic heterocycles. The van der Waals surface area contributed by atoms with E-state index >= 15 is 0 Å². The van der Waals surface area contributed by atoms with Crippen LogP contribution in [0.2, 0.25) is 0 Å². The molecule has 5 heteroatoms. The van der Waals surface area contributed by atoms with E-state index < -0.39 is 11.4 Å². The summed E-state index contributed by atoms with van der Waals surface area (Å²) in [6, 6.07) is 2.50. The highest BCUT2D eigenvalue weighted by atomic mass is 79.9. The summed E-state index contributed by atoms with van der Waals surface area (Å²) in [6.07, 6.45) is 3.68. The van der Waals surface area contributed by atoms with Crippen LogP contribution >= 0.6 is 15.9 Å². The number of aliphatic imine (C=N–C) groups is 1. The smallest absolute Gasteiger partial charge is 0.235 e. The van der Waals surface area contributed by atoms with Crippen molar-refractivity contribution in [2.75, 3.05) is 0 Å². The van der Waals surface area contributed by atoms with Crippen molar-refractivity contribution >= 4 is 22.0 Å². The van der Waals surface area contributed by atoms with E-state index in [1.807, 2.05) is 0 Å². The summed E-state index contributed by atoms with van der Waals surface area (Å²) in [5.41, 5.74) is -0.436. The number of halogens is 2. The van der Waals surface area contributed by atoms with Crippen molar-refractivity contribution in [3.8, 4) is 5.75 Å². The summed E-state index contributed by atoms with van der Waals surface area (Å²) < 4.78 is 14.1. The Morgan fingerprint density at radius 2 is 2.19 bits per heavy atom. The Morgan fingerprint density at radius 3 is 2.69 bits per heavy atom. The minimum atomic E-state index is -0.776. The minimum Gasteiger partial charge on any atom is -0.507 e. The van der Waals surface area contributed by atoms with Gasteiger partial charge in [0.1, 0.15) is 17.1 Å². The third-order valence-electron chi connectivity index (χ3n) is 2.98. The first-order valence-electron chi connectivity index (χ1n) is 4.86. The van der Waals surface area contributed by atoms with Gasteiger partial charge in [0.25, 0.3) is 0 Å². The van der Waals surface area contributed by atoms with Crippen molar-refractivity contribution in [3.05, 3.63) is 28.0 Å². The van der Waals surface area contributed by atoms with Crippen LogP contribution in [-0.2, 0) is 10.3 Å². The molecule has 1 N–H and O–H groups in total. The quantitative estimate of drug-likeness (QED) is 0.671. The minimum absolute atomic E-state index is 0.161. The van der Waals surface area contributed by atoms with E-state index in [2.05, 4.69) is 20.9 Å². The summed E-state index contributed by atoms with van der Waals surface area (Å²) in [5, 5.41) is 9.32. The molecule has 84 valence electrons. The van der Waals surface area contributed by atoms with E-state index in [-0.39, 0.29) is 5.75 Å². The van der Waals surface area contributed by atoms with Gasteiger partial charge in [-0.2, -0.15) is 4.99 Å². The number of hydrogen-bond acceptors (Lipinski definition) is 3. The fourth-order valence-corrected chi connectivity index (χ4v) is 2.28. The molecule has 1 fully saturated rings. The van der Waals surface area contributed by atoms with Crippen LogP contribution in [0.1, 0.15) is 24.8 Å². The number of nitrogens with zero attached hydrogens (tertiary/aromatic N) is 1. The zero-order chi connectivity index (χ0) is 11.8. The number of isocyanates is 1. The molecule has 1 aliphatic carbocycles. The average Bonchev–Trinajstić information content (AvgIpc) is 2.18. The van der Waals surface area contributed by atoms with Gasteiger partial charge in [0.15, 0.2) is 0 Å². The first-order valence-corrected chi connectivity index (χ1v) is 5.66. The summed E-state index contributed by atoms with van der Waals surface area (Å²) in [4.78, 5) is 14.1. The van der Waals surface area contributed by atoms with Crippen molar-refractivity contribution in [1.82, 2.24) is 0 Å². The number of benzene rings is 1. The second kappa shape index (κ2) is 4.00. The molecule has 0 unspecified atom stereocenters. The largest absolute Gasteiger partial charge is 0.507 e. The normalized spacial score (nSPS) is 17.4. The maximum Gasteiger partial charge on any atom is 0.235 e. The Hall–Kier alpha value is -1.19. The Balaban J connectivity index is 2.54. The fourth-order valence-electron chi connectivity index (χ4n) is 1.93. The van der Waals surface area contributed by atoms with Crippen LogP contribution in [0.4, 0.5) is 4.39 Å². The van der Waals surface area contributed by atoms with Gasteiger partial charge >= 0.3 is 0 Å². The van der Waals surface area contributed by atoms with Crippen molar-refractivity contribution < 1.29 is 14.3 Å². The van der Waals surface area contributed by atoms with Gasteiger partial charge in [-0.25, -0.2) is 9.18 Å². The van der Waals surface area contributed by atoms with Crippen LogP contribution in [-0.4, -0.2) is 11.2 Å². The zero-order valence-corrected chi connectivity index (χ0v) is 9.92. The monoisotopic (exact) mass is 285 g/mol. The third kappa shape index (κ3) is 1.66. The lowest BCUT2D eigenvalue weighted by Crippen LogP contribution is -2.32. The molecule has 16 heavy (non-hydrogen) atoms. The predicted molar refractivity (Wildman–Crippen MR) is 59.4 cm³/mol. The van der Waals surface area contributed by atoms with Crippen LogP contribution in [0.25, 0.3) is 0 Å². The van der Waals surface area contributed by atoms with E-state index in [9.17, 15) is 14.3 Å². The first kappa shape index (κ1) is 11.3. The third-order valence-corrected chi connectivity index (χ3v) is 3.61. The van der Waals surface area contributed by atoms with Crippen LogP contribution in [0.5, 0.6) is 5.75 Å². The molecule has 1 saturated carbocycles. The lowest BCUT2D eigenvalue weighted by Gasteiger charge is -2.37. The summed E-state index contributed by atoms with van der Waals surface area (Å²) in [7, 11) is 0. The standard InChI is InChI=1S/C11H9BrFNO2/c12-8-4-7(9(13)5-10(8)16)11(14-6-15)2-1-3-11/h4-5,16H,1-3H2. The zero-order valence-electron chi connectivity index (χ0n) is 8.33. The molecule has 0 radical (unpaired) electrons. The number of phenols is 1. The van der Waals surface area contributed by atoms with Gasteiger partial charge in [0.2, 0.25) is 6.08 Å². The lowest BCUT2D eigenvalue weighted by atomic mass is 9.72. The number of phenolic OH excluding ortho intramolecular Hbond substituents is 1. The van der Waals surface area contributed by atoms with E-state index in [4.69, 9.17) is 0 Å². The molecule has 1 aliphatic rings. The number of hydrogen-bond donors (Lipinski definition) is 1.